The maximum atomic E-state index is 6.42. The number of ether oxygens (including phenoxy) is 1. The van der Waals surface area contributed by atoms with E-state index in [0.29, 0.717) is 13.2 Å². The number of benzene rings is 1. The third-order valence-electron chi connectivity index (χ3n) is 3.13. The Morgan fingerprint density at radius 3 is 2.75 bits per heavy atom. The standard InChI is InChI=1S/C14H17Br2N3O/c1-9-3-4-10(11(15)7-9)13(17)14-12(16)8-18-19(14)5-6-20-2/h3-4,7-8,13H,5-6,17H2,1-2H3. The van der Waals surface area contributed by atoms with Gasteiger partial charge >= 0.3 is 0 Å². The van der Waals surface area contributed by atoms with E-state index in [2.05, 4.69) is 56.0 Å². The summed E-state index contributed by atoms with van der Waals surface area (Å²) in [5.41, 5.74) is 9.61. The molecule has 0 fully saturated rings. The van der Waals surface area contributed by atoms with Crippen molar-refractivity contribution in [2.45, 2.75) is 19.5 Å². The largest absolute Gasteiger partial charge is 0.383 e. The van der Waals surface area contributed by atoms with E-state index < -0.39 is 0 Å². The maximum absolute atomic E-state index is 6.42. The van der Waals surface area contributed by atoms with E-state index in [4.69, 9.17) is 10.5 Å². The number of aryl methyl sites for hydroxylation is 1. The molecule has 0 radical (unpaired) electrons. The number of aromatic nitrogens is 2. The summed E-state index contributed by atoms with van der Waals surface area (Å²) in [6.07, 6.45) is 1.77. The van der Waals surface area contributed by atoms with Crippen LogP contribution < -0.4 is 5.73 Å². The summed E-state index contributed by atoms with van der Waals surface area (Å²) in [5, 5.41) is 4.34. The van der Waals surface area contributed by atoms with Gasteiger partial charge in [-0.05, 0) is 40.0 Å². The van der Waals surface area contributed by atoms with Crippen LogP contribution in [0, 0.1) is 6.92 Å². The van der Waals surface area contributed by atoms with Crippen LogP contribution in [0.4, 0.5) is 0 Å². The quantitative estimate of drug-likeness (QED) is 0.833. The zero-order valence-electron chi connectivity index (χ0n) is 11.4. The van der Waals surface area contributed by atoms with Gasteiger partial charge in [-0.1, -0.05) is 28.1 Å². The topological polar surface area (TPSA) is 53.1 Å². The normalized spacial score (nSPS) is 12.7. The van der Waals surface area contributed by atoms with Gasteiger partial charge in [0.2, 0.25) is 0 Å². The third-order valence-corrected chi connectivity index (χ3v) is 4.42. The Morgan fingerprint density at radius 2 is 2.10 bits per heavy atom. The first kappa shape index (κ1) is 15.7. The highest BCUT2D eigenvalue weighted by Crippen LogP contribution is 2.31. The van der Waals surface area contributed by atoms with Crippen LogP contribution >= 0.6 is 31.9 Å². The van der Waals surface area contributed by atoms with Crippen molar-refractivity contribution in [2.24, 2.45) is 5.73 Å². The second-order valence-electron chi connectivity index (χ2n) is 4.60. The maximum Gasteiger partial charge on any atom is 0.0745 e. The van der Waals surface area contributed by atoms with E-state index in [-0.39, 0.29) is 6.04 Å². The SMILES string of the molecule is COCCn1ncc(Br)c1C(N)c1ccc(C)cc1Br. The number of hydrogen-bond acceptors (Lipinski definition) is 3. The number of methoxy groups -OCH3 is 1. The molecule has 1 aromatic heterocycles. The molecule has 2 rings (SSSR count). The van der Waals surface area contributed by atoms with Crippen molar-refractivity contribution in [3.63, 3.8) is 0 Å². The van der Waals surface area contributed by atoms with Crippen molar-refractivity contribution < 1.29 is 4.74 Å². The molecule has 0 amide bonds. The molecule has 2 N–H and O–H groups in total. The predicted molar refractivity (Wildman–Crippen MR) is 86.7 cm³/mol. The highest BCUT2D eigenvalue weighted by atomic mass is 79.9. The van der Waals surface area contributed by atoms with Crippen LogP contribution in [-0.2, 0) is 11.3 Å². The molecule has 1 atom stereocenters. The Bertz CT molecular complexity index is 598. The van der Waals surface area contributed by atoms with Crippen molar-refractivity contribution in [1.82, 2.24) is 9.78 Å². The number of halogens is 2. The Labute approximate surface area is 135 Å². The van der Waals surface area contributed by atoms with Gasteiger partial charge in [0.25, 0.3) is 0 Å². The zero-order chi connectivity index (χ0) is 14.7. The highest BCUT2D eigenvalue weighted by Gasteiger charge is 2.20. The lowest BCUT2D eigenvalue weighted by molar-refractivity contribution is 0.182. The van der Waals surface area contributed by atoms with Crippen LogP contribution in [0.3, 0.4) is 0 Å². The fourth-order valence-corrected chi connectivity index (χ4v) is 3.35. The van der Waals surface area contributed by atoms with Gasteiger partial charge < -0.3 is 10.5 Å². The van der Waals surface area contributed by atoms with E-state index in [0.717, 1.165) is 20.2 Å². The molecule has 20 heavy (non-hydrogen) atoms. The highest BCUT2D eigenvalue weighted by molar-refractivity contribution is 9.10. The summed E-state index contributed by atoms with van der Waals surface area (Å²) in [6, 6.07) is 5.92. The molecule has 0 bridgehead atoms. The molecule has 108 valence electrons. The second-order valence-corrected chi connectivity index (χ2v) is 6.31. The molecule has 0 aliphatic carbocycles. The first-order chi connectivity index (χ1) is 9.54. The minimum absolute atomic E-state index is 0.251. The van der Waals surface area contributed by atoms with Crippen LogP contribution in [0.5, 0.6) is 0 Å². The summed E-state index contributed by atoms with van der Waals surface area (Å²) in [5.74, 6) is 0. The molecule has 1 heterocycles. The van der Waals surface area contributed by atoms with Gasteiger partial charge in [-0.15, -0.1) is 0 Å². The molecule has 6 heteroatoms. The second kappa shape index (κ2) is 6.85. The summed E-state index contributed by atoms with van der Waals surface area (Å²) in [4.78, 5) is 0. The minimum atomic E-state index is -0.251. The van der Waals surface area contributed by atoms with Crippen LogP contribution in [0.25, 0.3) is 0 Å². The van der Waals surface area contributed by atoms with E-state index in [1.165, 1.54) is 5.56 Å². The average molecular weight is 403 g/mol. The van der Waals surface area contributed by atoms with Gasteiger partial charge in [0.05, 0.1) is 35.6 Å². The van der Waals surface area contributed by atoms with Crippen molar-refractivity contribution in [3.8, 4) is 0 Å². The molecule has 0 saturated heterocycles. The lowest BCUT2D eigenvalue weighted by atomic mass is 10.0. The lowest BCUT2D eigenvalue weighted by Gasteiger charge is -2.17. The van der Waals surface area contributed by atoms with Crippen LogP contribution in [-0.4, -0.2) is 23.5 Å². The minimum Gasteiger partial charge on any atom is -0.383 e. The Balaban J connectivity index is 2.37. The monoisotopic (exact) mass is 401 g/mol. The van der Waals surface area contributed by atoms with E-state index in [1.807, 2.05) is 10.7 Å². The Hall–Kier alpha value is -0.690. The van der Waals surface area contributed by atoms with Gasteiger partial charge in [0.1, 0.15) is 0 Å². The molecule has 0 spiro atoms. The van der Waals surface area contributed by atoms with Crippen LogP contribution in [0.15, 0.2) is 33.3 Å². The van der Waals surface area contributed by atoms with E-state index in [9.17, 15) is 0 Å². The van der Waals surface area contributed by atoms with Gasteiger partial charge in [0, 0.05) is 11.6 Å². The fourth-order valence-electron chi connectivity index (χ4n) is 2.07. The number of nitrogens with two attached hydrogens (primary N) is 1. The molecule has 2 aromatic rings. The average Bonchev–Trinajstić information content (AvgIpc) is 2.77. The lowest BCUT2D eigenvalue weighted by Crippen LogP contribution is -2.20. The van der Waals surface area contributed by atoms with Gasteiger partial charge in [0.15, 0.2) is 0 Å². The molecule has 1 aromatic carbocycles. The molecule has 0 aliphatic rings. The van der Waals surface area contributed by atoms with Crippen molar-refractivity contribution in [2.75, 3.05) is 13.7 Å². The number of hydrogen-bond donors (Lipinski definition) is 1. The number of nitrogens with zero attached hydrogens (tertiary/aromatic N) is 2. The van der Waals surface area contributed by atoms with Gasteiger partial charge in [-0.3, -0.25) is 4.68 Å². The summed E-state index contributed by atoms with van der Waals surface area (Å²) < 4.78 is 8.91. The molecule has 0 aliphatic heterocycles. The van der Waals surface area contributed by atoms with Crippen molar-refractivity contribution in [1.29, 1.82) is 0 Å². The zero-order valence-corrected chi connectivity index (χ0v) is 14.6. The van der Waals surface area contributed by atoms with E-state index >= 15 is 0 Å². The molecular formula is C14H17Br2N3O. The first-order valence-electron chi connectivity index (χ1n) is 6.26. The fraction of sp³-hybridized carbons (Fsp3) is 0.357. The third kappa shape index (κ3) is 3.31. The van der Waals surface area contributed by atoms with Crippen molar-refractivity contribution in [3.05, 3.63) is 50.2 Å². The summed E-state index contributed by atoms with van der Waals surface area (Å²) >= 11 is 7.11. The first-order valence-corrected chi connectivity index (χ1v) is 7.85. The number of rotatable bonds is 5. The van der Waals surface area contributed by atoms with Gasteiger partial charge in [-0.2, -0.15) is 5.10 Å². The Kier molecular flexibility index (Phi) is 5.37. The summed E-state index contributed by atoms with van der Waals surface area (Å²) in [6.45, 7) is 3.33. The van der Waals surface area contributed by atoms with Gasteiger partial charge in [-0.25, -0.2) is 0 Å². The summed E-state index contributed by atoms with van der Waals surface area (Å²) in [7, 11) is 1.68. The van der Waals surface area contributed by atoms with Crippen molar-refractivity contribution >= 4 is 31.9 Å². The molecule has 0 saturated carbocycles. The Morgan fingerprint density at radius 1 is 1.35 bits per heavy atom. The smallest absolute Gasteiger partial charge is 0.0745 e. The predicted octanol–water partition coefficient (Wildman–Crippen LogP) is 3.41. The van der Waals surface area contributed by atoms with Crippen LogP contribution in [0.1, 0.15) is 22.9 Å². The van der Waals surface area contributed by atoms with Crippen LogP contribution in [0.2, 0.25) is 0 Å². The van der Waals surface area contributed by atoms with E-state index in [1.54, 1.807) is 13.3 Å². The molecular weight excluding hydrogens is 386 g/mol. The molecule has 4 nitrogen and oxygen atoms in total. The molecule has 1 unspecified atom stereocenters.